The predicted octanol–water partition coefficient (Wildman–Crippen LogP) is 3.86. The molecule has 0 amide bonds. The van der Waals surface area contributed by atoms with Crippen LogP contribution in [0.1, 0.15) is 84.5 Å². The Morgan fingerprint density at radius 2 is 1.90 bits per heavy atom. The fourth-order valence-electron chi connectivity index (χ4n) is 8.26. The molecule has 0 aromatic carbocycles. The van der Waals surface area contributed by atoms with Crippen molar-refractivity contribution in [3.63, 3.8) is 0 Å². The van der Waals surface area contributed by atoms with Crippen LogP contribution in [-0.2, 0) is 4.84 Å². The minimum Gasteiger partial charge on any atom is -0.395 e. The van der Waals surface area contributed by atoms with E-state index in [-0.39, 0.29) is 11.5 Å². The molecular weight excluding hydrogens is 364 g/mol. The molecule has 8 atom stereocenters. The minimum absolute atomic E-state index is 0.0253. The van der Waals surface area contributed by atoms with E-state index in [9.17, 15) is 10.2 Å². The molecule has 29 heavy (non-hydrogen) atoms. The van der Waals surface area contributed by atoms with Crippen molar-refractivity contribution in [1.29, 1.82) is 0 Å². The average Bonchev–Trinajstić information content (AvgIpc) is 2.96. The summed E-state index contributed by atoms with van der Waals surface area (Å²) in [7, 11) is 0. The number of fused-ring (bicyclic) bond motifs is 5. The van der Waals surface area contributed by atoms with Gasteiger partial charge in [0.05, 0.1) is 11.7 Å². The molecule has 0 heterocycles. The van der Waals surface area contributed by atoms with Gasteiger partial charge < -0.3 is 20.8 Å². The van der Waals surface area contributed by atoms with Gasteiger partial charge in [0.2, 0.25) is 0 Å². The number of nitrogens with two attached hydrogens (primary N) is 1. The van der Waals surface area contributed by atoms with Crippen LogP contribution in [0.4, 0.5) is 0 Å². The van der Waals surface area contributed by atoms with Gasteiger partial charge in [0.25, 0.3) is 0 Å². The second-order valence-corrected chi connectivity index (χ2v) is 11.0. The molecule has 0 aromatic heterocycles. The highest BCUT2D eigenvalue weighted by Gasteiger charge is 2.66. The minimum atomic E-state index is -0.516. The third kappa shape index (κ3) is 3.45. The summed E-state index contributed by atoms with van der Waals surface area (Å²) in [5.74, 6) is 2.26. The van der Waals surface area contributed by atoms with Crippen molar-refractivity contribution >= 4 is 6.21 Å². The molecule has 4 saturated carbocycles. The van der Waals surface area contributed by atoms with Crippen LogP contribution in [0.25, 0.3) is 0 Å². The van der Waals surface area contributed by atoms with Gasteiger partial charge in [-0.3, -0.25) is 0 Å². The maximum Gasteiger partial charge on any atom is 0.129 e. The summed E-state index contributed by atoms with van der Waals surface area (Å²) < 4.78 is 0. The quantitative estimate of drug-likeness (QED) is 0.355. The Labute approximate surface area is 176 Å². The Morgan fingerprint density at radius 3 is 2.69 bits per heavy atom. The summed E-state index contributed by atoms with van der Waals surface area (Å²) in [4.78, 5) is 5.12. The molecule has 4 rings (SSSR count). The number of hydrogen-bond acceptors (Lipinski definition) is 5. The van der Waals surface area contributed by atoms with E-state index in [4.69, 9.17) is 10.6 Å². The zero-order valence-electron chi connectivity index (χ0n) is 18.5. The van der Waals surface area contributed by atoms with Gasteiger partial charge in [-0.25, -0.2) is 0 Å². The zero-order valence-corrected chi connectivity index (χ0v) is 18.5. The second kappa shape index (κ2) is 8.12. The van der Waals surface area contributed by atoms with Crippen LogP contribution in [-0.4, -0.2) is 41.3 Å². The first-order chi connectivity index (χ1) is 13.8. The van der Waals surface area contributed by atoms with Crippen LogP contribution >= 0.6 is 0 Å². The number of aliphatic hydroxyl groups is 2. The molecule has 5 nitrogen and oxygen atoms in total. The molecule has 3 unspecified atom stereocenters. The normalized spacial score (nSPS) is 49.5. The van der Waals surface area contributed by atoms with Crippen molar-refractivity contribution < 1.29 is 15.1 Å². The molecule has 5 heteroatoms. The molecule has 0 radical (unpaired) electrons. The maximum atomic E-state index is 12.1. The Bertz CT molecular complexity index is 613. The summed E-state index contributed by atoms with van der Waals surface area (Å²) in [6.07, 6.45) is 13.6. The largest absolute Gasteiger partial charge is 0.395 e. The SMILES string of the molecule is C[C@]12CCC(O)CC1CC[C@@H]1[C@H]2CC[C@]2(C)C(CC/C=N\OCCN)CC[C@@]12O. The summed E-state index contributed by atoms with van der Waals surface area (Å²) in [6.45, 7) is 5.82. The van der Waals surface area contributed by atoms with E-state index in [0.29, 0.717) is 42.2 Å². The summed E-state index contributed by atoms with van der Waals surface area (Å²) >= 11 is 0. The number of oxime groups is 1. The van der Waals surface area contributed by atoms with E-state index < -0.39 is 5.60 Å². The fraction of sp³-hybridized carbons (Fsp3) is 0.958. The number of nitrogens with zero attached hydrogens (tertiary/aromatic N) is 1. The van der Waals surface area contributed by atoms with Crippen LogP contribution < -0.4 is 5.73 Å². The van der Waals surface area contributed by atoms with Crippen molar-refractivity contribution in [3.05, 3.63) is 0 Å². The van der Waals surface area contributed by atoms with Crippen LogP contribution in [0, 0.1) is 34.5 Å². The van der Waals surface area contributed by atoms with E-state index in [1.54, 1.807) is 0 Å². The smallest absolute Gasteiger partial charge is 0.129 e. The number of hydrogen-bond donors (Lipinski definition) is 3. The molecular formula is C24H42N2O3. The molecule has 4 aliphatic rings. The van der Waals surface area contributed by atoms with E-state index in [1.165, 1.54) is 12.8 Å². The highest BCUT2D eigenvalue weighted by molar-refractivity contribution is 5.56. The van der Waals surface area contributed by atoms with E-state index in [2.05, 4.69) is 19.0 Å². The van der Waals surface area contributed by atoms with Crippen molar-refractivity contribution in [3.8, 4) is 0 Å². The van der Waals surface area contributed by atoms with Gasteiger partial charge in [-0.15, -0.1) is 0 Å². The molecule has 4 fully saturated rings. The zero-order chi connectivity index (χ0) is 20.7. The highest BCUT2D eigenvalue weighted by Crippen LogP contribution is 2.69. The molecule has 0 aliphatic heterocycles. The van der Waals surface area contributed by atoms with Gasteiger partial charge in [-0.05, 0) is 105 Å². The van der Waals surface area contributed by atoms with Gasteiger partial charge in [-0.1, -0.05) is 19.0 Å². The third-order valence-electron chi connectivity index (χ3n) is 10.0. The summed E-state index contributed by atoms with van der Waals surface area (Å²) in [5.41, 5.74) is 5.24. The summed E-state index contributed by atoms with van der Waals surface area (Å²) in [5, 5.41) is 26.4. The Hall–Kier alpha value is -0.650. The van der Waals surface area contributed by atoms with Crippen molar-refractivity contribution in [2.45, 2.75) is 96.2 Å². The van der Waals surface area contributed by atoms with Gasteiger partial charge >= 0.3 is 0 Å². The van der Waals surface area contributed by atoms with Crippen molar-refractivity contribution in [1.82, 2.24) is 0 Å². The maximum absolute atomic E-state index is 12.1. The lowest BCUT2D eigenvalue weighted by molar-refractivity contribution is -0.210. The van der Waals surface area contributed by atoms with Gasteiger partial charge in [0.1, 0.15) is 6.61 Å². The molecule has 0 spiro atoms. The first-order valence-electron chi connectivity index (χ1n) is 12.1. The van der Waals surface area contributed by atoms with E-state index >= 15 is 0 Å². The second-order valence-electron chi connectivity index (χ2n) is 11.0. The molecule has 0 saturated heterocycles. The van der Waals surface area contributed by atoms with E-state index in [1.807, 2.05) is 6.21 Å². The average molecular weight is 407 g/mol. The van der Waals surface area contributed by atoms with Crippen LogP contribution in [0.5, 0.6) is 0 Å². The Kier molecular flexibility index (Phi) is 6.04. The number of aliphatic hydroxyl groups excluding tert-OH is 1. The third-order valence-corrected chi connectivity index (χ3v) is 10.0. The lowest BCUT2D eigenvalue weighted by Crippen LogP contribution is -2.62. The van der Waals surface area contributed by atoms with Gasteiger partial charge in [-0.2, -0.15) is 0 Å². The first kappa shape index (κ1) is 21.6. The van der Waals surface area contributed by atoms with Gasteiger partial charge in [0.15, 0.2) is 0 Å². The lowest BCUT2D eigenvalue weighted by Gasteiger charge is -2.63. The van der Waals surface area contributed by atoms with Crippen LogP contribution in [0.2, 0.25) is 0 Å². The lowest BCUT2D eigenvalue weighted by atomic mass is 9.43. The first-order valence-corrected chi connectivity index (χ1v) is 12.1. The van der Waals surface area contributed by atoms with Crippen LogP contribution in [0.3, 0.4) is 0 Å². The monoisotopic (exact) mass is 406 g/mol. The molecule has 4 N–H and O–H groups in total. The summed E-state index contributed by atoms with van der Waals surface area (Å²) in [6, 6.07) is 0. The topological polar surface area (TPSA) is 88.1 Å². The fourth-order valence-corrected chi connectivity index (χ4v) is 8.26. The van der Waals surface area contributed by atoms with Gasteiger partial charge in [0, 0.05) is 12.8 Å². The van der Waals surface area contributed by atoms with Crippen molar-refractivity contribution in [2.75, 3.05) is 13.2 Å². The van der Waals surface area contributed by atoms with E-state index in [0.717, 1.165) is 57.8 Å². The van der Waals surface area contributed by atoms with Crippen LogP contribution in [0.15, 0.2) is 5.16 Å². The molecule has 166 valence electrons. The Morgan fingerprint density at radius 1 is 1.07 bits per heavy atom. The number of rotatable bonds is 6. The molecule has 0 bridgehead atoms. The molecule has 0 aromatic rings. The highest BCUT2D eigenvalue weighted by atomic mass is 16.6. The Balaban J connectivity index is 1.46. The molecule has 4 aliphatic carbocycles. The standard InChI is InChI=1S/C24H42N2O3/c1-22-10-8-19(27)16-18(22)5-6-21-20(22)9-11-23(2)17(7-12-24(21,23)28)4-3-14-26-29-15-13-25/h14,17-21,27-28H,3-13,15-16,25H2,1-2H3/b26-14-/t17?,18?,19?,20-,21-,22+,23-,24-/m1/s1. The van der Waals surface area contributed by atoms with Crippen molar-refractivity contribution in [2.24, 2.45) is 45.4 Å². The predicted molar refractivity (Wildman–Crippen MR) is 115 cm³/mol.